The molecule has 12 nitrogen and oxygen atoms in total. The van der Waals surface area contributed by atoms with Crippen LogP contribution in [0.5, 0.6) is 11.5 Å². The molecule has 3 N–H and O–H groups in total. The Morgan fingerprint density at radius 1 is 0.918 bits per heavy atom. The number of fused-ring (bicyclic) bond motifs is 1. The number of hydrogen-bond donors (Lipinski definition) is 3. The largest absolute Gasteiger partial charge is 0.457 e. The van der Waals surface area contributed by atoms with E-state index in [9.17, 15) is 28.8 Å². The van der Waals surface area contributed by atoms with E-state index in [1.165, 1.54) is 13.0 Å². The van der Waals surface area contributed by atoms with Crippen LogP contribution in [-0.2, 0) is 35.3 Å². The fraction of sp³-hybridized carbons (Fsp3) is 0.297. The van der Waals surface area contributed by atoms with E-state index in [1.54, 1.807) is 62.4 Å². The number of carbonyl (C=O) groups is 6. The second-order valence-corrected chi connectivity index (χ2v) is 12.2. The zero-order valence-electron chi connectivity index (χ0n) is 27.3. The van der Waals surface area contributed by atoms with Gasteiger partial charge in [-0.05, 0) is 52.9 Å². The molecule has 254 valence electrons. The summed E-state index contributed by atoms with van der Waals surface area (Å²) in [7, 11) is 0. The molecule has 1 saturated heterocycles. The van der Waals surface area contributed by atoms with Gasteiger partial charge in [-0.25, -0.2) is 4.79 Å². The number of esters is 1. The molecule has 1 unspecified atom stereocenters. The van der Waals surface area contributed by atoms with Crippen molar-refractivity contribution in [3.63, 3.8) is 0 Å². The lowest BCUT2D eigenvalue weighted by Crippen LogP contribution is -2.49. The molecule has 0 aliphatic carbocycles. The van der Waals surface area contributed by atoms with Crippen LogP contribution >= 0.6 is 0 Å². The normalized spacial score (nSPS) is 17.8. The maximum Gasteiger partial charge on any atom is 0.338 e. The number of nitrogens with one attached hydrogen (secondary N) is 3. The van der Waals surface area contributed by atoms with Crippen LogP contribution in [-0.4, -0.2) is 48.2 Å². The average molecular weight is 668 g/mol. The molecule has 3 aromatic carbocycles. The Balaban J connectivity index is 1.31. The SMILES string of the molecule is CC(C)[C@H](NC(=O)CC(NC(=O)/C=C/c1ccc2c(c1)OCO2)c1ccc(C(=O)OCc2ccccc2)cc1)C(=O)[C@@H]1C(=O)NC(=O)[C@H]1C. The summed E-state index contributed by atoms with van der Waals surface area (Å²) in [6, 6.07) is 18.8. The summed E-state index contributed by atoms with van der Waals surface area (Å²) < 4.78 is 16.1. The summed E-state index contributed by atoms with van der Waals surface area (Å²) in [5.74, 6) is -4.72. The highest BCUT2D eigenvalue weighted by atomic mass is 16.7. The summed E-state index contributed by atoms with van der Waals surface area (Å²) in [4.78, 5) is 77.1. The van der Waals surface area contributed by atoms with Gasteiger partial charge in [0.05, 0.1) is 30.0 Å². The van der Waals surface area contributed by atoms with Crippen molar-refractivity contribution in [2.24, 2.45) is 17.8 Å². The van der Waals surface area contributed by atoms with E-state index in [-0.39, 0.29) is 25.4 Å². The number of carbonyl (C=O) groups excluding carboxylic acids is 6. The molecule has 2 aliphatic heterocycles. The van der Waals surface area contributed by atoms with Crippen molar-refractivity contribution in [3.8, 4) is 11.5 Å². The van der Waals surface area contributed by atoms with Crippen LogP contribution in [0.4, 0.5) is 0 Å². The van der Waals surface area contributed by atoms with Gasteiger partial charge in [0.25, 0.3) is 0 Å². The van der Waals surface area contributed by atoms with Crippen LogP contribution in [0.15, 0.2) is 78.9 Å². The minimum atomic E-state index is -1.22. The first-order chi connectivity index (χ1) is 23.5. The number of hydrogen-bond acceptors (Lipinski definition) is 9. The van der Waals surface area contributed by atoms with Crippen molar-refractivity contribution < 1.29 is 43.0 Å². The molecule has 0 spiro atoms. The Labute approximate surface area is 283 Å². The number of Topliss-reactive ketones (excluding diaryl/α,β-unsaturated/α-hetero) is 1. The first-order valence-electron chi connectivity index (χ1n) is 15.9. The maximum atomic E-state index is 13.5. The van der Waals surface area contributed by atoms with Crippen LogP contribution in [0, 0.1) is 17.8 Å². The molecule has 0 radical (unpaired) electrons. The standard InChI is InChI=1S/C37H37N3O9/c1-21(2)33(34(43)32-22(3)35(44)40-36(32)45)39-31(42)18-27(38-30(41)16-10-23-9-15-28-29(17-23)49-20-48-28)25-11-13-26(14-12-25)37(46)47-19-24-7-5-4-6-8-24/h4-17,21-22,27,32-33H,18-20H2,1-3H3,(H,38,41)(H,39,42)(H,40,44,45)/b16-10+/t22-,27?,32+,33-/m0/s1. The van der Waals surface area contributed by atoms with Gasteiger partial charge in [-0.3, -0.25) is 29.3 Å². The third kappa shape index (κ3) is 8.58. The van der Waals surface area contributed by atoms with Crippen molar-refractivity contribution >= 4 is 41.5 Å². The number of ether oxygens (including phenoxy) is 3. The lowest BCUT2D eigenvalue weighted by Gasteiger charge is -2.26. The Hall–Kier alpha value is -5.78. The average Bonchev–Trinajstić information content (AvgIpc) is 3.66. The monoisotopic (exact) mass is 667 g/mol. The molecule has 1 fully saturated rings. The number of benzene rings is 3. The van der Waals surface area contributed by atoms with Crippen LogP contribution in [0.1, 0.15) is 60.3 Å². The van der Waals surface area contributed by atoms with E-state index in [4.69, 9.17) is 14.2 Å². The van der Waals surface area contributed by atoms with E-state index < -0.39 is 65.2 Å². The number of amides is 4. The summed E-state index contributed by atoms with van der Waals surface area (Å²) in [5, 5.41) is 7.73. The molecule has 0 aromatic heterocycles. The van der Waals surface area contributed by atoms with Gasteiger partial charge in [-0.15, -0.1) is 0 Å². The van der Waals surface area contributed by atoms with Gasteiger partial charge >= 0.3 is 5.97 Å². The Kier molecular flexibility index (Phi) is 10.9. The molecule has 5 rings (SSSR count). The van der Waals surface area contributed by atoms with E-state index in [0.717, 1.165) is 5.56 Å². The van der Waals surface area contributed by atoms with Gasteiger partial charge in [-0.2, -0.15) is 0 Å². The number of rotatable bonds is 13. The highest BCUT2D eigenvalue weighted by Gasteiger charge is 2.46. The summed E-state index contributed by atoms with van der Waals surface area (Å²) in [5.41, 5.74) is 2.32. The van der Waals surface area contributed by atoms with Gasteiger partial charge in [0.2, 0.25) is 30.4 Å². The van der Waals surface area contributed by atoms with E-state index in [0.29, 0.717) is 22.6 Å². The second-order valence-electron chi connectivity index (χ2n) is 12.2. The molecule has 12 heteroatoms. The Morgan fingerprint density at radius 2 is 1.63 bits per heavy atom. The zero-order chi connectivity index (χ0) is 35.1. The Morgan fingerprint density at radius 3 is 2.31 bits per heavy atom. The van der Waals surface area contributed by atoms with E-state index in [1.807, 2.05) is 30.3 Å². The van der Waals surface area contributed by atoms with Gasteiger partial charge in [-0.1, -0.05) is 69.3 Å². The fourth-order valence-corrected chi connectivity index (χ4v) is 5.56. The number of ketones is 1. The predicted octanol–water partition coefficient (Wildman–Crippen LogP) is 3.65. The third-order valence-corrected chi connectivity index (χ3v) is 8.33. The molecule has 0 bridgehead atoms. The molecular formula is C37H37N3O9. The third-order valence-electron chi connectivity index (χ3n) is 8.33. The van der Waals surface area contributed by atoms with Gasteiger partial charge in [0, 0.05) is 6.08 Å². The smallest absolute Gasteiger partial charge is 0.338 e. The minimum Gasteiger partial charge on any atom is -0.457 e. The van der Waals surface area contributed by atoms with E-state index in [2.05, 4.69) is 16.0 Å². The lowest BCUT2D eigenvalue weighted by atomic mass is 9.85. The van der Waals surface area contributed by atoms with Crippen LogP contribution in [0.25, 0.3) is 6.08 Å². The molecule has 49 heavy (non-hydrogen) atoms. The van der Waals surface area contributed by atoms with Crippen molar-refractivity contribution in [3.05, 3.63) is 101 Å². The quantitative estimate of drug-likeness (QED) is 0.107. The van der Waals surface area contributed by atoms with Crippen LogP contribution in [0.2, 0.25) is 0 Å². The van der Waals surface area contributed by atoms with Gasteiger partial charge in [0.1, 0.15) is 12.5 Å². The molecule has 2 aliphatic rings. The van der Waals surface area contributed by atoms with Gasteiger partial charge < -0.3 is 24.8 Å². The lowest BCUT2D eigenvalue weighted by molar-refractivity contribution is -0.137. The summed E-state index contributed by atoms with van der Waals surface area (Å²) in [6.07, 6.45) is 2.63. The number of imide groups is 1. The summed E-state index contributed by atoms with van der Waals surface area (Å²) >= 11 is 0. The highest BCUT2D eigenvalue weighted by Crippen LogP contribution is 2.33. The molecule has 4 atom stereocenters. The van der Waals surface area contributed by atoms with Crippen LogP contribution < -0.4 is 25.4 Å². The van der Waals surface area contributed by atoms with Crippen molar-refractivity contribution in [1.82, 2.24) is 16.0 Å². The first-order valence-corrected chi connectivity index (χ1v) is 15.9. The van der Waals surface area contributed by atoms with E-state index >= 15 is 0 Å². The highest BCUT2D eigenvalue weighted by molar-refractivity contribution is 6.16. The van der Waals surface area contributed by atoms with Crippen molar-refractivity contribution in [1.29, 1.82) is 0 Å². The zero-order valence-corrected chi connectivity index (χ0v) is 27.3. The fourth-order valence-electron chi connectivity index (χ4n) is 5.56. The molecule has 2 heterocycles. The van der Waals surface area contributed by atoms with Crippen molar-refractivity contribution in [2.45, 2.75) is 45.9 Å². The molecule has 0 saturated carbocycles. The molecule has 4 amide bonds. The second kappa shape index (κ2) is 15.4. The topological polar surface area (TPSA) is 166 Å². The molecule has 3 aromatic rings. The van der Waals surface area contributed by atoms with Gasteiger partial charge in [0.15, 0.2) is 17.3 Å². The maximum absolute atomic E-state index is 13.5. The van der Waals surface area contributed by atoms with Crippen LogP contribution in [0.3, 0.4) is 0 Å². The Bertz CT molecular complexity index is 1770. The molecular weight excluding hydrogens is 630 g/mol. The summed E-state index contributed by atoms with van der Waals surface area (Å²) in [6.45, 7) is 5.15. The van der Waals surface area contributed by atoms with Crippen molar-refractivity contribution in [2.75, 3.05) is 6.79 Å². The predicted molar refractivity (Wildman–Crippen MR) is 177 cm³/mol. The first kappa shape index (κ1) is 34.6. The minimum absolute atomic E-state index is 0.0984.